The van der Waals surface area contributed by atoms with Crippen LogP contribution in [0.3, 0.4) is 0 Å². The van der Waals surface area contributed by atoms with Gasteiger partial charge < -0.3 is 19.1 Å². The first kappa shape index (κ1) is 22.0. The van der Waals surface area contributed by atoms with Gasteiger partial charge in [-0.25, -0.2) is 0 Å². The lowest BCUT2D eigenvalue weighted by Gasteiger charge is -2.25. The number of nitrogens with zero attached hydrogens (tertiary/aromatic N) is 5. The number of rotatable bonds is 9. The lowest BCUT2D eigenvalue weighted by Crippen LogP contribution is -2.18. The fourth-order valence-electron chi connectivity index (χ4n) is 4.09. The molecular formula is C23H26N6O2S2. The van der Waals surface area contributed by atoms with Crippen molar-refractivity contribution in [2.45, 2.75) is 55.6 Å². The Hall–Kier alpha value is -2.85. The van der Waals surface area contributed by atoms with Gasteiger partial charge >= 0.3 is 0 Å². The molecule has 33 heavy (non-hydrogen) atoms. The Morgan fingerprint density at radius 1 is 1.18 bits per heavy atom. The van der Waals surface area contributed by atoms with Crippen LogP contribution in [0.15, 0.2) is 51.5 Å². The number of hydrogen-bond acceptors (Lipinski definition) is 9. The molecule has 10 heteroatoms. The predicted molar refractivity (Wildman–Crippen MR) is 130 cm³/mol. The van der Waals surface area contributed by atoms with Gasteiger partial charge in [-0.15, -0.1) is 21.5 Å². The first-order valence-electron chi connectivity index (χ1n) is 11.1. The van der Waals surface area contributed by atoms with Crippen molar-refractivity contribution in [1.29, 1.82) is 0 Å². The van der Waals surface area contributed by atoms with Crippen molar-refractivity contribution in [2.75, 3.05) is 12.4 Å². The third-order valence-electron chi connectivity index (χ3n) is 5.73. The van der Waals surface area contributed by atoms with Crippen LogP contribution in [0.5, 0.6) is 5.75 Å². The van der Waals surface area contributed by atoms with Crippen molar-refractivity contribution in [3.05, 3.63) is 53.5 Å². The van der Waals surface area contributed by atoms with Crippen LogP contribution in [0.4, 0.5) is 5.69 Å². The highest BCUT2D eigenvalue weighted by Crippen LogP contribution is 2.34. The third-order valence-corrected chi connectivity index (χ3v) is 7.52. The molecule has 1 N–H and O–H groups in total. The van der Waals surface area contributed by atoms with E-state index in [0.717, 1.165) is 40.1 Å². The Kier molecular flexibility index (Phi) is 6.92. The lowest BCUT2D eigenvalue weighted by molar-refractivity contribution is 0.329. The van der Waals surface area contributed by atoms with Crippen LogP contribution in [0.1, 0.15) is 49.9 Å². The Balaban J connectivity index is 1.31. The fraction of sp³-hybridized carbons (Fsp3) is 0.391. The SMILES string of the molecule is COc1cccc(NCc2nnc(SCc3nc(-c4cccs4)no3)n2C2CCCCC2)c1. The molecule has 1 aliphatic rings. The number of aromatic nitrogens is 5. The molecule has 3 heterocycles. The van der Waals surface area contributed by atoms with E-state index < -0.39 is 0 Å². The second kappa shape index (κ2) is 10.4. The van der Waals surface area contributed by atoms with Crippen LogP contribution in [0.2, 0.25) is 0 Å². The third kappa shape index (κ3) is 5.22. The van der Waals surface area contributed by atoms with Gasteiger partial charge in [0.05, 0.1) is 24.3 Å². The van der Waals surface area contributed by atoms with Gasteiger partial charge in [-0.1, -0.05) is 48.3 Å². The summed E-state index contributed by atoms with van der Waals surface area (Å²) in [6, 6.07) is 12.3. The minimum atomic E-state index is 0.419. The monoisotopic (exact) mass is 482 g/mol. The lowest BCUT2D eigenvalue weighted by atomic mass is 9.95. The summed E-state index contributed by atoms with van der Waals surface area (Å²) in [7, 11) is 1.68. The van der Waals surface area contributed by atoms with Gasteiger partial charge in [-0.2, -0.15) is 4.98 Å². The van der Waals surface area contributed by atoms with Crippen molar-refractivity contribution >= 4 is 28.8 Å². The molecule has 1 aromatic carbocycles. The van der Waals surface area contributed by atoms with Gasteiger partial charge in [0.15, 0.2) is 11.0 Å². The first-order valence-corrected chi connectivity index (χ1v) is 13.0. The fourth-order valence-corrected chi connectivity index (χ4v) is 5.60. The average Bonchev–Trinajstić information content (AvgIpc) is 3.63. The van der Waals surface area contributed by atoms with E-state index in [1.807, 2.05) is 41.8 Å². The number of methoxy groups -OCH3 is 1. The maximum Gasteiger partial charge on any atom is 0.237 e. The van der Waals surface area contributed by atoms with Gasteiger partial charge in [-0.05, 0) is 36.4 Å². The van der Waals surface area contributed by atoms with E-state index in [1.165, 1.54) is 19.3 Å². The molecule has 0 atom stereocenters. The van der Waals surface area contributed by atoms with E-state index >= 15 is 0 Å². The summed E-state index contributed by atoms with van der Waals surface area (Å²) in [5, 5.41) is 19.6. The first-order chi connectivity index (χ1) is 16.3. The molecule has 172 valence electrons. The minimum Gasteiger partial charge on any atom is -0.497 e. The second-order valence-corrected chi connectivity index (χ2v) is 9.81. The Morgan fingerprint density at radius 2 is 2.09 bits per heavy atom. The molecule has 1 saturated carbocycles. The summed E-state index contributed by atoms with van der Waals surface area (Å²) in [6.45, 7) is 0.598. The van der Waals surface area contributed by atoms with Crippen molar-refractivity contribution < 1.29 is 9.26 Å². The van der Waals surface area contributed by atoms with Gasteiger partial charge in [0, 0.05) is 17.8 Å². The van der Waals surface area contributed by atoms with Crippen LogP contribution >= 0.6 is 23.1 Å². The zero-order valence-corrected chi connectivity index (χ0v) is 20.1. The highest BCUT2D eigenvalue weighted by Gasteiger charge is 2.23. The van der Waals surface area contributed by atoms with E-state index in [0.29, 0.717) is 30.1 Å². The number of thioether (sulfide) groups is 1. The van der Waals surface area contributed by atoms with Crippen LogP contribution < -0.4 is 10.1 Å². The van der Waals surface area contributed by atoms with Gasteiger partial charge in [0.2, 0.25) is 11.7 Å². The summed E-state index contributed by atoms with van der Waals surface area (Å²) >= 11 is 3.20. The largest absolute Gasteiger partial charge is 0.497 e. The van der Waals surface area contributed by atoms with Crippen molar-refractivity contribution in [3.63, 3.8) is 0 Å². The predicted octanol–water partition coefficient (Wildman–Crippen LogP) is 5.81. The van der Waals surface area contributed by atoms with Crippen molar-refractivity contribution in [3.8, 4) is 16.5 Å². The molecular weight excluding hydrogens is 456 g/mol. The molecule has 3 aromatic heterocycles. The molecule has 0 aliphatic heterocycles. The molecule has 0 amide bonds. The van der Waals surface area contributed by atoms with Gasteiger partial charge in [0.1, 0.15) is 5.75 Å². The zero-order chi connectivity index (χ0) is 22.5. The average molecular weight is 483 g/mol. The maximum absolute atomic E-state index is 5.47. The zero-order valence-electron chi connectivity index (χ0n) is 18.4. The van der Waals surface area contributed by atoms with E-state index in [4.69, 9.17) is 9.26 Å². The van der Waals surface area contributed by atoms with Gasteiger partial charge in [0.25, 0.3) is 0 Å². The molecule has 0 unspecified atom stereocenters. The summed E-state index contributed by atoms with van der Waals surface area (Å²) < 4.78 is 13.1. The Morgan fingerprint density at radius 3 is 2.91 bits per heavy atom. The Labute approximate surface area is 200 Å². The molecule has 0 bridgehead atoms. The number of anilines is 1. The molecule has 0 saturated heterocycles. The van der Waals surface area contributed by atoms with Crippen LogP contribution in [0, 0.1) is 0 Å². The minimum absolute atomic E-state index is 0.419. The number of thiophene rings is 1. The molecule has 1 fully saturated rings. The number of nitrogens with one attached hydrogen (secondary N) is 1. The second-order valence-electron chi connectivity index (χ2n) is 7.92. The van der Waals surface area contributed by atoms with E-state index in [-0.39, 0.29) is 0 Å². The van der Waals surface area contributed by atoms with Crippen LogP contribution in [0.25, 0.3) is 10.7 Å². The smallest absolute Gasteiger partial charge is 0.237 e. The van der Waals surface area contributed by atoms with E-state index in [9.17, 15) is 0 Å². The number of ether oxygens (including phenoxy) is 1. The number of benzene rings is 1. The van der Waals surface area contributed by atoms with E-state index in [1.54, 1.807) is 30.2 Å². The molecule has 1 aliphatic carbocycles. The van der Waals surface area contributed by atoms with Gasteiger partial charge in [-0.3, -0.25) is 0 Å². The topological polar surface area (TPSA) is 90.9 Å². The maximum atomic E-state index is 5.47. The molecule has 0 radical (unpaired) electrons. The summed E-state index contributed by atoms with van der Waals surface area (Å²) in [5.74, 6) is 3.56. The highest BCUT2D eigenvalue weighted by molar-refractivity contribution is 7.98. The summed E-state index contributed by atoms with van der Waals surface area (Å²) in [4.78, 5) is 5.55. The van der Waals surface area contributed by atoms with Crippen molar-refractivity contribution in [1.82, 2.24) is 24.9 Å². The summed E-state index contributed by atoms with van der Waals surface area (Å²) in [5.41, 5.74) is 0.994. The molecule has 5 rings (SSSR count). The normalized spacial score (nSPS) is 14.5. The number of hydrogen-bond donors (Lipinski definition) is 1. The quantitative estimate of drug-likeness (QED) is 0.299. The highest BCUT2D eigenvalue weighted by atomic mass is 32.2. The summed E-state index contributed by atoms with van der Waals surface area (Å²) in [6.07, 6.45) is 6.08. The van der Waals surface area contributed by atoms with Crippen LogP contribution in [-0.4, -0.2) is 32.0 Å². The molecule has 0 spiro atoms. The standard InChI is InChI=1S/C23H26N6O2S2/c1-30-18-10-5-7-16(13-18)24-14-20-26-27-23(29(20)17-8-3-2-4-9-17)33-15-21-25-22(28-31-21)19-11-6-12-32-19/h5-7,10-13,17,24H,2-4,8-9,14-15H2,1H3. The van der Waals surface area contributed by atoms with Crippen molar-refractivity contribution in [2.24, 2.45) is 0 Å². The van der Waals surface area contributed by atoms with Crippen LogP contribution in [-0.2, 0) is 12.3 Å². The molecule has 4 aromatic rings. The van der Waals surface area contributed by atoms with E-state index in [2.05, 4.69) is 30.2 Å². The molecule has 8 nitrogen and oxygen atoms in total. The Bertz CT molecular complexity index is 1170.